The Labute approximate surface area is 136 Å². The number of benzene rings is 2. The van der Waals surface area contributed by atoms with Gasteiger partial charge in [-0.3, -0.25) is 10.1 Å². The van der Waals surface area contributed by atoms with E-state index in [0.717, 1.165) is 5.56 Å². The van der Waals surface area contributed by atoms with Gasteiger partial charge in [-0.15, -0.1) is 0 Å². The molecule has 1 aliphatic rings. The van der Waals surface area contributed by atoms with Crippen LogP contribution < -0.4 is 0 Å². The minimum absolute atomic E-state index is 0.102. The van der Waals surface area contributed by atoms with Crippen molar-refractivity contribution in [3.63, 3.8) is 0 Å². The highest BCUT2D eigenvalue weighted by molar-refractivity contribution is 6.14. The number of cyclic esters (lactones) is 1. The third-order valence-electron chi connectivity index (χ3n) is 3.40. The van der Waals surface area contributed by atoms with Crippen LogP contribution in [0.15, 0.2) is 53.2 Å². The Morgan fingerprint density at radius 3 is 2.71 bits per heavy atom. The molecule has 0 N–H and O–H groups in total. The van der Waals surface area contributed by atoms with Gasteiger partial charge < -0.3 is 4.74 Å². The molecule has 0 atom stereocenters. The minimum Gasteiger partial charge on any atom is -0.402 e. The maximum Gasteiger partial charge on any atom is 0.363 e. The molecule has 0 amide bonds. The summed E-state index contributed by atoms with van der Waals surface area (Å²) in [5.41, 5.74) is 0.685. The molecule has 0 saturated carbocycles. The standard InChI is InChI=1S/C17H11FN2O4/c1-10-6-7-15(20(22)23)12(8-10)16-19-14(17(21)24-16)9-11-4-2-3-5-13(11)18/h2-9H,1H3. The van der Waals surface area contributed by atoms with Crippen LogP contribution in [0.25, 0.3) is 6.08 Å². The van der Waals surface area contributed by atoms with Crippen LogP contribution in [0.2, 0.25) is 0 Å². The van der Waals surface area contributed by atoms with Crippen LogP contribution in [0.3, 0.4) is 0 Å². The van der Waals surface area contributed by atoms with Crippen LogP contribution in [-0.4, -0.2) is 16.8 Å². The fourth-order valence-corrected chi connectivity index (χ4v) is 2.24. The highest BCUT2D eigenvalue weighted by Gasteiger charge is 2.29. The van der Waals surface area contributed by atoms with E-state index in [9.17, 15) is 19.3 Å². The van der Waals surface area contributed by atoms with Gasteiger partial charge in [-0.1, -0.05) is 24.3 Å². The zero-order valence-electron chi connectivity index (χ0n) is 12.5. The van der Waals surface area contributed by atoms with Crippen molar-refractivity contribution in [3.8, 4) is 0 Å². The molecule has 7 heteroatoms. The lowest BCUT2D eigenvalue weighted by molar-refractivity contribution is -0.385. The van der Waals surface area contributed by atoms with Crippen molar-refractivity contribution < 1.29 is 18.8 Å². The highest BCUT2D eigenvalue weighted by Crippen LogP contribution is 2.26. The molecule has 2 aromatic carbocycles. The Morgan fingerprint density at radius 2 is 2.00 bits per heavy atom. The van der Waals surface area contributed by atoms with Crippen molar-refractivity contribution in [2.45, 2.75) is 6.92 Å². The first-order valence-corrected chi connectivity index (χ1v) is 6.98. The number of nitro benzene ring substituents is 1. The number of carbonyl (C=O) groups excluding carboxylic acids is 1. The Hall–Kier alpha value is -3.35. The lowest BCUT2D eigenvalue weighted by Crippen LogP contribution is -2.08. The smallest absolute Gasteiger partial charge is 0.363 e. The van der Waals surface area contributed by atoms with Gasteiger partial charge >= 0.3 is 5.97 Å². The van der Waals surface area contributed by atoms with Crippen molar-refractivity contribution in [1.82, 2.24) is 0 Å². The van der Waals surface area contributed by atoms with Crippen LogP contribution in [0, 0.1) is 22.9 Å². The predicted octanol–water partition coefficient (Wildman–Crippen LogP) is 3.39. The Kier molecular flexibility index (Phi) is 3.91. The van der Waals surface area contributed by atoms with Gasteiger partial charge in [0.05, 0.1) is 4.92 Å². The summed E-state index contributed by atoms with van der Waals surface area (Å²) >= 11 is 0. The average Bonchev–Trinajstić information content (AvgIpc) is 2.90. The number of hydrogen-bond acceptors (Lipinski definition) is 5. The normalized spacial score (nSPS) is 15.3. The van der Waals surface area contributed by atoms with Crippen molar-refractivity contribution in [1.29, 1.82) is 0 Å². The Bertz CT molecular complexity index is 919. The van der Waals surface area contributed by atoms with Gasteiger partial charge in [0.15, 0.2) is 5.70 Å². The number of ether oxygens (including phenoxy) is 1. The van der Waals surface area contributed by atoms with E-state index in [1.54, 1.807) is 19.1 Å². The minimum atomic E-state index is -0.788. The molecule has 0 radical (unpaired) electrons. The third-order valence-corrected chi connectivity index (χ3v) is 3.40. The molecule has 0 spiro atoms. The largest absolute Gasteiger partial charge is 0.402 e. The van der Waals surface area contributed by atoms with Gasteiger partial charge in [-0.05, 0) is 30.7 Å². The summed E-state index contributed by atoms with van der Waals surface area (Å²) < 4.78 is 18.7. The van der Waals surface area contributed by atoms with Crippen LogP contribution in [0.4, 0.5) is 10.1 Å². The van der Waals surface area contributed by atoms with E-state index in [-0.39, 0.29) is 28.4 Å². The molecule has 2 aromatic rings. The first-order valence-electron chi connectivity index (χ1n) is 6.98. The lowest BCUT2D eigenvalue weighted by Gasteiger charge is -2.02. The molecular formula is C17H11FN2O4. The molecule has 0 saturated heterocycles. The predicted molar refractivity (Wildman–Crippen MR) is 84.8 cm³/mol. The second-order valence-electron chi connectivity index (χ2n) is 5.14. The SMILES string of the molecule is Cc1ccc([N+](=O)[O-])c(C2=NC(=Cc3ccccc3F)C(=O)O2)c1. The first-order chi connectivity index (χ1) is 11.5. The second kappa shape index (κ2) is 6.04. The Balaban J connectivity index is 2.06. The molecule has 3 rings (SSSR count). The van der Waals surface area contributed by atoms with E-state index in [0.29, 0.717) is 0 Å². The van der Waals surface area contributed by atoms with Crippen LogP contribution in [0.5, 0.6) is 0 Å². The fourth-order valence-electron chi connectivity index (χ4n) is 2.24. The molecule has 1 aliphatic heterocycles. The summed E-state index contributed by atoms with van der Waals surface area (Å²) in [6.45, 7) is 1.75. The molecular weight excluding hydrogens is 315 g/mol. The number of hydrogen-bond donors (Lipinski definition) is 0. The fraction of sp³-hybridized carbons (Fsp3) is 0.0588. The maximum atomic E-state index is 13.7. The van der Waals surface area contributed by atoms with E-state index in [1.165, 1.54) is 36.4 Å². The van der Waals surface area contributed by atoms with Crippen molar-refractivity contribution in [2.24, 2.45) is 4.99 Å². The van der Waals surface area contributed by atoms with Gasteiger partial charge in [-0.2, -0.15) is 0 Å². The molecule has 0 aliphatic carbocycles. The zero-order valence-corrected chi connectivity index (χ0v) is 12.5. The number of halogens is 1. The second-order valence-corrected chi connectivity index (χ2v) is 5.14. The number of nitrogens with zero attached hydrogens (tertiary/aromatic N) is 2. The number of carbonyl (C=O) groups is 1. The quantitative estimate of drug-likeness (QED) is 0.375. The van der Waals surface area contributed by atoms with Gasteiger partial charge in [-0.25, -0.2) is 14.2 Å². The summed E-state index contributed by atoms with van der Waals surface area (Å²) in [6, 6.07) is 10.3. The monoisotopic (exact) mass is 326 g/mol. The molecule has 6 nitrogen and oxygen atoms in total. The Morgan fingerprint density at radius 1 is 1.25 bits per heavy atom. The van der Waals surface area contributed by atoms with Gasteiger partial charge in [0.2, 0.25) is 5.90 Å². The van der Waals surface area contributed by atoms with Gasteiger partial charge in [0.1, 0.15) is 11.4 Å². The third kappa shape index (κ3) is 2.91. The van der Waals surface area contributed by atoms with E-state index >= 15 is 0 Å². The maximum absolute atomic E-state index is 13.7. The van der Waals surface area contributed by atoms with Crippen LogP contribution in [0.1, 0.15) is 16.7 Å². The van der Waals surface area contributed by atoms with E-state index in [4.69, 9.17) is 4.74 Å². The average molecular weight is 326 g/mol. The summed E-state index contributed by atoms with van der Waals surface area (Å²) in [5, 5.41) is 11.1. The number of esters is 1. The number of aryl methyl sites for hydroxylation is 1. The molecule has 0 aromatic heterocycles. The first kappa shape index (κ1) is 15.5. The van der Waals surface area contributed by atoms with Crippen molar-refractivity contribution in [2.75, 3.05) is 0 Å². The molecule has 120 valence electrons. The summed E-state index contributed by atoms with van der Waals surface area (Å²) in [6.07, 6.45) is 1.24. The van der Waals surface area contributed by atoms with Gasteiger partial charge in [0.25, 0.3) is 5.69 Å². The number of rotatable bonds is 3. The summed E-state index contributed by atoms with van der Waals surface area (Å²) in [5.74, 6) is -1.47. The molecule has 24 heavy (non-hydrogen) atoms. The zero-order chi connectivity index (χ0) is 17.3. The van der Waals surface area contributed by atoms with E-state index < -0.39 is 16.7 Å². The molecule has 0 fully saturated rings. The molecule has 0 bridgehead atoms. The lowest BCUT2D eigenvalue weighted by atomic mass is 10.1. The highest BCUT2D eigenvalue weighted by atomic mass is 19.1. The topological polar surface area (TPSA) is 81.8 Å². The van der Waals surface area contributed by atoms with Crippen molar-refractivity contribution >= 4 is 23.6 Å². The van der Waals surface area contributed by atoms with Crippen molar-refractivity contribution in [3.05, 3.63) is 80.8 Å². The summed E-state index contributed by atoms with van der Waals surface area (Å²) in [7, 11) is 0. The molecule has 1 heterocycles. The summed E-state index contributed by atoms with van der Waals surface area (Å²) in [4.78, 5) is 26.5. The number of nitro groups is 1. The van der Waals surface area contributed by atoms with E-state index in [2.05, 4.69) is 4.99 Å². The van der Waals surface area contributed by atoms with Gasteiger partial charge in [0, 0.05) is 11.6 Å². The molecule has 0 unspecified atom stereocenters. The van der Waals surface area contributed by atoms with Crippen LogP contribution in [-0.2, 0) is 9.53 Å². The van der Waals surface area contributed by atoms with Crippen LogP contribution >= 0.6 is 0 Å². The number of aliphatic imine (C=N–C) groups is 1. The van der Waals surface area contributed by atoms with E-state index in [1.807, 2.05) is 0 Å².